The molecule has 0 fully saturated rings. The van der Waals surface area contributed by atoms with E-state index in [-0.39, 0.29) is 12.1 Å². The Morgan fingerprint density at radius 2 is 2.00 bits per heavy atom. The molecule has 3 heterocycles. The number of fused-ring (bicyclic) bond motifs is 1. The van der Waals surface area contributed by atoms with Gasteiger partial charge in [0.25, 0.3) is 5.91 Å². The van der Waals surface area contributed by atoms with Gasteiger partial charge in [0.15, 0.2) is 5.82 Å². The van der Waals surface area contributed by atoms with E-state index in [1.165, 1.54) is 12.1 Å². The number of rotatable bonds is 4. The summed E-state index contributed by atoms with van der Waals surface area (Å²) >= 11 is 0. The summed E-state index contributed by atoms with van der Waals surface area (Å²) in [6.45, 7) is 3.85. The van der Waals surface area contributed by atoms with Gasteiger partial charge in [-0.25, -0.2) is 24.0 Å². The molecule has 0 saturated carbocycles. The molecule has 0 aliphatic carbocycles. The van der Waals surface area contributed by atoms with E-state index in [0.29, 0.717) is 28.2 Å². The first-order valence-corrected chi connectivity index (χ1v) is 8.69. The van der Waals surface area contributed by atoms with Gasteiger partial charge in [0.1, 0.15) is 11.3 Å². The van der Waals surface area contributed by atoms with Gasteiger partial charge in [0.05, 0.1) is 22.5 Å². The summed E-state index contributed by atoms with van der Waals surface area (Å²) in [4.78, 5) is 25.7. The van der Waals surface area contributed by atoms with Gasteiger partial charge in [-0.3, -0.25) is 4.79 Å². The summed E-state index contributed by atoms with van der Waals surface area (Å²) in [6.07, 6.45) is 5.13. The number of pyridine rings is 1. The first kappa shape index (κ1) is 17.7. The van der Waals surface area contributed by atoms with Crippen molar-refractivity contribution in [3.63, 3.8) is 0 Å². The van der Waals surface area contributed by atoms with Crippen molar-refractivity contribution in [3.05, 3.63) is 77.3 Å². The number of benzene rings is 1. The second-order valence-electron chi connectivity index (χ2n) is 6.37. The lowest BCUT2D eigenvalue weighted by Gasteiger charge is -2.10. The van der Waals surface area contributed by atoms with Crippen LogP contribution in [0.4, 0.5) is 4.39 Å². The average molecular weight is 376 g/mol. The van der Waals surface area contributed by atoms with Crippen LogP contribution in [0.25, 0.3) is 16.9 Å². The summed E-state index contributed by atoms with van der Waals surface area (Å²) < 4.78 is 15.6. The number of amides is 1. The standard InChI is InChI=1S/C20H17FN6O/c1-12-13(2)26-19-16(8-15(21)9-17(19)25-12)20(28)23-11-14-4-5-18(22-10-14)27-7-3-6-24-27/h3-10H,11H2,1-2H3,(H,23,28). The highest BCUT2D eigenvalue weighted by Crippen LogP contribution is 2.19. The monoisotopic (exact) mass is 376 g/mol. The molecule has 1 N–H and O–H groups in total. The fourth-order valence-corrected chi connectivity index (χ4v) is 2.81. The molecule has 0 spiro atoms. The first-order chi connectivity index (χ1) is 13.5. The molecule has 0 unspecified atom stereocenters. The van der Waals surface area contributed by atoms with Crippen molar-refractivity contribution in [2.45, 2.75) is 20.4 Å². The van der Waals surface area contributed by atoms with Gasteiger partial charge in [-0.2, -0.15) is 5.10 Å². The number of aryl methyl sites for hydroxylation is 2. The van der Waals surface area contributed by atoms with E-state index in [9.17, 15) is 9.18 Å². The molecule has 28 heavy (non-hydrogen) atoms. The summed E-state index contributed by atoms with van der Waals surface area (Å²) in [6, 6.07) is 7.93. The Bertz CT molecular complexity index is 1160. The number of halogens is 1. The number of nitrogens with zero attached hydrogens (tertiary/aromatic N) is 5. The van der Waals surface area contributed by atoms with Gasteiger partial charge < -0.3 is 5.32 Å². The predicted molar refractivity (Wildman–Crippen MR) is 101 cm³/mol. The van der Waals surface area contributed by atoms with Crippen molar-refractivity contribution in [2.24, 2.45) is 0 Å². The molecule has 0 bridgehead atoms. The van der Waals surface area contributed by atoms with Crippen molar-refractivity contribution in [2.75, 3.05) is 0 Å². The van der Waals surface area contributed by atoms with E-state index in [1.807, 2.05) is 18.2 Å². The van der Waals surface area contributed by atoms with Crippen molar-refractivity contribution in [1.29, 1.82) is 0 Å². The lowest BCUT2D eigenvalue weighted by molar-refractivity contribution is 0.0952. The third kappa shape index (κ3) is 3.44. The van der Waals surface area contributed by atoms with Gasteiger partial charge in [-0.15, -0.1) is 0 Å². The second-order valence-corrected chi connectivity index (χ2v) is 6.37. The van der Waals surface area contributed by atoms with Gasteiger partial charge in [0.2, 0.25) is 0 Å². The lowest BCUT2D eigenvalue weighted by atomic mass is 10.1. The minimum Gasteiger partial charge on any atom is -0.348 e. The zero-order valence-corrected chi connectivity index (χ0v) is 15.3. The summed E-state index contributed by atoms with van der Waals surface area (Å²) in [5.41, 5.74) is 3.11. The van der Waals surface area contributed by atoms with Crippen LogP contribution in [0, 0.1) is 19.7 Å². The Balaban J connectivity index is 1.55. The van der Waals surface area contributed by atoms with Crippen LogP contribution in [-0.4, -0.2) is 30.6 Å². The smallest absolute Gasteiger partial charge is 0.253 e. The van der Waals surface area contributed by atoms with Crippen LogP contribution in [-0.2, 0) is 6.54 Å². The van der Waals surface area contributed by atoms with E-state index in [0.717, 1.165) is 5.56 Å². The van der Waals surface area contributed by atoms with Crippen LogP contribution in [0.15, 0.2) is 48.9 Å². The number of aromatic nitrogens is 5. The molecule has 0 atom stereocenters. The Hall–Kier alpha value is -3.68. The molecule has 0 saturated heterocycles. The van der Waals surface area contributed by atoms with Crippen molar-refractivity contribution >= 4 is 16.9 Å². The van der Waals surface area contributed by atoms with Crippen molar-refractivity contribution < 1.29 is 9.18 Å². The van der Waals surface area contributed by atoms with Crippen LogP contribution in [0.1, 0.15) is 27.3 Å². The number of carbonyl (C=O) groups is 1. The minimum atomic E-state index is -0.527. The molecule has 1 aromatic carbocycles. The Labute approximate surface area is 160 Å². The highest BCUT2D eigenvalue weighted by atomic mass is 19.1. The third-order valence-corrected chi connectivity index (χ3v) is 4.39. The maximum Gasteiger partial charge on any atom is 0.253 e. The largest absolute Gasteiger partial charge is 0.348 e. The molecule has 4 aromatic rings. The SMILES string of the molecule is Cc1nc2cc(F)cc(C(=O)NCc3ccc(-n4cccn4)nc3)c2nc1C. The van der Waals surface area contributed by atoms with Gasteiger partial charge in [0, 0.05) is 31.2 Å². The number of hydrogen-bond donors (Lipinski definition) is 1. The predicted octanol–water partition coefficient (Wildman–Crippen LogP) is 2.90. The van der Waals surface area contributed by atoms with Crippen LogP contribution in [0.5, 0.6) is 0 Å². The molecule has 4 rings (SSSR count). The van der Waals surface area contributed by atoms with Crippen molar-refractivity contribution in [1.82, 2.24) is 30.0 Å². The highest BCUT2D eigenvalue weighted by Gasteiger charge is 2.15. The number of nitrogens with one attached hydrogen (secondary N) is 1. The van der Waals surface area contributed by atoms with E-state index < -0.39 is 11.7 Å². The Morgan fingerprint density at radius 3 is 2.71 bits per heavy atom. The van der Waals surface area contributed by atoms with E-state index in [4.69, 9.17) is 0 Å². The average Bonchev–Trinajstić information content (AvgIpc) is 3.22. The maximum atomic E-state index is 14.0. The van der Waals surface area contributed by atoms with Gasteiger partial charge >= 0.3 is 0 Å². The molecular formula is C20H17FN6O. The Morgan fingerprint density at radius 1 is 1.18 bits per heavy atom. The van der Waals surface area contributed by atoms with E-state index in [2.05, 4.69) is 25.4 Å². The molecule has 1 amide bonds. The topological polar surface area (TPSA) is 85.6 Å². The lowest BCUT2D eigenvalue weighted by Crippen LogP contribution is -2.23. The summed E-state index contributed by atoms with van der Waals surface area (Å²) in [7, 11) is 0. The molecule has 0 aliphatic heterocycles. The van der Waals surface area contributed by atoms with Crippen LogP contribution in [0.2, 0.25) is 0 Å². The zero-order chi connectivity index (χ0) is 19.7. The summed E-state index contributed by atoms with van der Waals surface area (Å²) in [5, 5.41) is 6.90. The molecular weight excluding hydrogens is 359 g/mol. The molecule has 0 radical (unpaired) electrons. The molecule has 3 aromatic heterocycles. The van der Waals surface area contributed by atoms with E-state index in [1.54, 1.807) is 37.1 Å². The Kier molecular flexibility index (Phi) is 4.52. The normalized spacial score (nSPS) is 11.0. The quantitative estimate of drug-likeness (QED) is 0.592. The first-order valence-electron chi connectivity index (χ1n) is 8.69. The van der Waals surface area contributed by atoms with Gasteiger partial charge in [-0.1, -0.05) is 6.07 Å². The fraction of sp³-hybridized carbons (Fsp3) is 0.150. The van der Waals surface area contributed by atoms with Crippen LogP contribution in [0.3, 0.4) is 0 Å². The fourth-order valence-electron chi connectivity index (χ4n) is 2.81. The maximum absolute atomic E-state index is 14.0. The van der Waals surface area contributed by atoms with Crippen LogP contribution >= 0.6 is 0 Å². The summed E-state index contributed by atoms with van der Waals surface area (Å²) in [5.74, 6) is -0.268. The third-order valence-electron chi connectivity index (χ3n) is 4.39. The number of carbonyl (C=O) groups excluding carboxylic acids is 1. The highest BCUT2D eigenvalue weighted by molar-refractivity contribution is 6.04. The number of hydrogen-bond acceptors (Lipinski definition) is 5. The molecule has 8 heteroatoms. The molecule has 0 aliphatic rings. The second kappa shape index (κ2) is 7.15. The van der Waals surface area contributed by atoms with Gasteiger partial charge in [-0.05, 0) is 37.6 Å². The minimum absolute atomic E-state index is 0.159. The van der Waals surface area contributed by atoms with Crippen LogP contribution < -0.4 is 5.32 Å². The van der Waals surface area contributed by atoms with Crippen molar-refractivity contribution in [3.8, 4) is 5.82 Å². The van der Waals surface area contributed by atoms with E-state index >= 15 is 0 Å². The zero-order valence-electron chi connectivity index (χ0n) is 15.3. The molecule has 140 valence electrons. The molecule has 7 nitrogen and oxygen atoms in total.